The lowest BCUT2D eigenvalue weighted by molar-refractivity contribution is -0.163. The van der Waals surface area contributed by atoms with Crippen molar-refractivity contribution in [3.8, 4) is 0 Å². The summed E-state index contributed by atoms with van der Waals surface area (Å²) in [6, 6.07) is 0. The van der Waals surface area contributed by atoms with Crippen LogP contribution >= 0.6 is 0 Å². The average molecular weight is 867 g/mol. The van der Waals surface area contributed by atoms with E-state index in [-0.39, 0.29) is 25.2 Å². The molecule has 5 nitrogen and oxygen atoms in total. The molecule has 360 valence electrons. The summed E-state index contributed by atoms with van der Waals surface area (Å²) in [4.78, 5) is 25.4. The van der Waals surface area contributed by atoms with Crippen LogP contribution in [0.5, 0.6) is 0 Å². The summed E-state index contributed by atoms with van der Waals surface area (Å²) in [6.45, 7) is 7.70. The lowest BCUT2D eigenvalue weighted by Crippen LogP contribution is -2.30. The van der Waals surface area contributed by atoms with Gasteiger partial charge in [-0.05, 0) is 83.5 Å². The fraction of sp³-hybridized carbons (Fsp3) is 0.789. The number of carbonyl (C=O) groups is 2. The first-order valence-corrected chi connectivity index (χ1v) is 26.8. The molecule has 0 rings (SSSR count). The zero-order valence-electron chi connectivity index (χ0n) is 41.4. The van der Waals surface area contributed by atoms with Gasteiger partial charge in [0.2, 0.25) is 0 Å². The Balaban J connectivity index is 4.27. The Kier molecular flexibility index (Phi) is 50.9. The summed E-state index contributed by atoms with van der Waals surface area (Å²) in [5, 5.41) is 0. The minimum Gasteiger partial charge on any atom is -0.462 e. The number of carbonyl (C=O) groups excluding carboxylic acids is 2. The molecule has 62 heavy (non-hydrogen) atoms. The second-order valence-electron chi connectivity index (χ2n) is 17.8. The number of allylic oxidation sites excluding steroid dienone is 10. The van der Waals surface area contributed by atoms with Crippen molar-refractivity contribution in [2.75, 3.05) is 19.8 Å². The van der Waals surface area contributed by atoms with Crippen molar-refractivity contribution < 1.29 is 23.8 Å². The molecule has 5 heteroatoms. The summed E-state index contributed by atoms with van der Waals surface area (Å²) < 4.78 is 17.4. The summed E-state index contributed by atoms with van der Waals surface area (Å²) in [5.74, 6) is -0.407. The molecule has 0 saturated carbocycles. The quantitative estimate of drug-likeness (QED) is 0.0346. The van der Waals surface area contributed by atoms with Crippen LogP contribution in [0.15, 0.2) is 60.8 Å². The van der Waals surface area contributed by atoms with E-state index in [1.807, 2.05) is 0 Å². The summed E-state index contributed by atoms with van der Waals surface area (Å²) in [5.41, 5.74) is 0. The first-order chi connectivity index (χ1) is 30.6. The highest BCUT2D eigenvalue weighted by atomic mass is 16.6. The number of ether oxygens (including phenoxy) is 3. The van der Waals surface area contributed by atoms with Gasteiger partial charge in [0.05, 0.1) is 6.61 Å². The number of hydrogen-bond acceptors (Lipinski definition) is 5. The van der Waals surface area contributed by atoms with E-state index in [2.05, 4.69) is 81.5 Å². The Labute approximate surface area is 385 Å². The number of rotatable bonds is 49. The van der Waals surface area contributed by atoms with Gasteiger partial charge in [-0.25, -0.2) is 0 Å². The topological polar surface area (TPSA) is 61.8 Å². The van der Waals surface area contributed by atoms with Crippen molar-refractivity contribution in [3.05, 3.63) is 60.8 Å². The Hall–Kier alpha value is -2.40. The van der Waals surface area contributed by atoms with Crippen molar-refractivity contribution in [1.29, 1.82) is 0 Å². The summed E-state index contributed by atoms with van der Waals surface area (Å²) in [7, 11) is 0. The molecule has 0 aliphatic carbocycles. The lowest BCUT2D eigenvalue weighted by atomic mass is 10.0. The maximum Gasteiger partial charge on any atom is 0.306 e. The molecule has 0 spiro atoms. The minimum absolute atomic E-state index is 0.0770. The second-order valence-corrected chi connectivity index (χ2v) is 17.8. The van der Waals surface area contributed by atoms with Crippen LogP contribution in [0, 0.1) is 0 Å². The molecule has 0 aromatic heterocycles. The van der Waals surface area contributed by atoms with Gasteiger partial charge in [-0.3, -0.25) is 9.59 Å². The molecule has 0 saturated heterocycles. The number of unbranched alkanes of at least 4 members (excludes halogenated alkanes) is 28. The molecule has 1 unspecified atom stereocenters. The third-order valence-corrected chi connectivity index (χ3v) is 11.5. The Morgan fingerprint density at radius 1 is 0.371 bits per heavy atom. The fourth-order valence-corrected chi connectivity index (χ4v) is 7.56. The van der Waals surface area contributed by atoms with Crippen LogP contribution in [0.2, 0.25) is 0 Å². The van der Waals surface area contributed by atoms with E-state index in [1.165, 1.54) is 154 Å². The molecule has 0 amide bonds. The molecular weight excluding hydrogens is 765 g/mol. The van der Waals surface area contributed by atoms with Crippen molar-refractivity contribution in [3.63, 3.8) is 0 Å². The van der Waals surface area contributed by atoms with Crippen LogP contribution in [0.3, 0.4) is 0 Å². The second kappa shape index (κ2) is 52.9. The predicted octanol–water partition coefficient (Wildman–Crippen LogP) is 18.1. The van der Waals surface area contributed by atoms with E-state index >= 15 is 0 Å². The molecule has 0 aromatic rings. The van der Waals surface area contributed by atoms with E-state index in [1.54, 1.807) is 0 Å². The standard InChI is InChI=1S/C57H102O5/c1-4-7-10-13-16-19-22-25-27-28-29-30-31-33-35-38-41-44-47-50-56(58)61-54-55(53-60-52-49-46-43-40-37-34-26-23-20-17-14-11-8-5-2)62-57(59)51-48-45-42-39-36-32-24-21-18-15-12-9-6-3/h7,10,16,19-20,23,25,27,29-30,55H,4-6,8-9,11-15,17-18,21-22,24,26,28,31-54H2,1-3H3/b10-7-,19-16-,23-20-,27-25-,30-29-. The Morgan fingerprint density at radius 3 is 1.19 bits per heavy atom. The van der Waals surface area contributed by atoms with E-state index < -0.39 is 6.10 Å². The van der Waals surface area contributed by atoms with Crippen LogP contribution in [0.4, 0.5) is 0 Å². The highest BCUT2D eigenvalue weighted by Crippen LogP contribution is 2.15. The number of hydrogen-bond donors (Lipinski definition) is 0. The Morgan fingerprint density at radius 2 is 0.726 bits per heavy atom. The third kappa shape index (κ3) is 50.2. The van der Waals surface area contributed by atoms with Crippen LogP contribution in [-0.2, 0) is 23.8 Å². The fourth-order valence-electron chi connectivity index (χ4n) is 7.56. The van der Waals surface area contributed by atoms with E-state index in [0.717, 1.165) is 77.0 Å². The first-order valence-electron chi connectivity index (χ1n) is 26.8. The van der Waals surface area contributed by atoms with Gasteiger partial charge in [-0.15, -0.1) is 0 Å². The highest BCUT2D eigenvalue weighted by Gasteiger charge is 2.17. The van der Waals surface area contributed by atoms with Crippen molar-refractivity contribution >= 4 is 11.9 Å². The maximum absolute atomic E-state index is 12.8. The minimum atomic E-state index is -0.543. The van der Waals surface area contributed by atoms with Crippen LogP contribution in [-0.4, -0.2) is 37.9 Å². The van der Waals surface area contributed by atoms with Gasteiger partial charge >= 0.3 is 11.9 Å². The lowest BCUT2D eigenvalue weighted by Gasteiger charge is -2.18. The molecule has 0 radical (unpaired) electrons. The molecule has 0 bridgehead atoms. The Bertz CT molecular complexity index is 1070. The van der Waals surface area contributed by atoms with E-state index in [4.69, 9.17) is 14.2 Å². The molecule has 0 aromatic carbocycles. The SMILES string of the molecule is CC/C=C\C/C=C\C/C=C\C/C=C\CCCCCCCCC(=O)OCC(COCCCCCCCC/C=C\CCCCCC)OC(=O)CCCCCCCCCCCCCCC. The van der Waals surface area contributed by atoms with Crippen LogP contribution in [0.1, 0.15) is 265 Å². The maximum atomic E-state index is 12.8. The molecular formula is C57H102O5. The normalized spacial score (nSPS) is 12.6. The molecule has 0 fully saturated rings. The zero-order valence-corrected chi connectivity index (χ0v) is 41.4. The summed E-state index contributed by atoms with van der Waals surface area (Å²) in [6.07, 6.45) is 66.5. The van der Waals surface area contributed by atoms with Gasteiger partial charge in [-0.2, -0.15) is 0 Å². The van der Waals surface area contributed by atoms with Crippen molar-refractivity contribution in [2.24, 2.45) is 0 Å². The molecule has 1 atom stereocenters. The molecule has 0 aliphatic rings. The third-order valence-electron chi connectivity index (χ3n) is 11.5. The monoisotopic (exact) mass is 867 g/mol. The van der Waals surface area contributed by atoms with E-state index in [9.17, 15) is 9.59 Å². The zero-order chi connectivity index (χ0) is 44.9. The predicted molar refractivity (Wildman–Crippen MR) is 270 cm³/mol. The van der Waals surface area contributed by atoms with Gasteiger partial charge in [0.25, 0.3) is 0 Å². The van der Waals surface area contributed by atoms with Gasteiger partial charge in [0.1, 0.15) is 6.61 Å². The van der Waals surface area contributed by atoms with Crippen molar-refractivity contribution in [2.45, 2.75) is 271 Å². The van der Waals surface area contributed by atoms with Gasteiger partial charge in [0.15, 0.2) is 6.10 Å². The smallest absolute Gasteiger partial charge is 0.306 e. The first kappa shape index (κ1) is 59.6. The molecule has 0 heterocycles. The highest BCUT2D eigenvalue weighted by molar-refractivity contribution is 5.70. The largest absolute Gasteiger partial charge is 0.462 e. The van der Waals surface area contributed by atoms with Gasteiger partial charge in [0, 0.05) is 19.4 Å². The average Bonchev–Trinajstić information content (AvgIpc) is 3.27. The van der Waals surface area contributed by atoms with Gasteiger partial charge in [-0.1, -0.05) is 229 Å². The van der Waals surface area contributed by atoms with Crippen LogP contribution in [0.25, 0.3) is 0 Å². The molecule has 0 N–H and O–H groups in total. The summed E-state index contributed by atoms with van der Waals surface area (Å²) >= 11 is 0. The van der Waals surface area contributed by atoms with E-state index in [0.29, 0.717) is 19.4 Å². The number of esters is 2. The van der Waals surface area contributed by atoms with Crippen LogP contribution < -0.4 is 0 Å². The van der Waals surface area contributed by atoms with Gasteiger partial charge < -0.3 is 14.2 Å². The van der Waals surface area contributed by atoms with Crippen molar-refractivity contribution in [1.82, 2.24) is 0 Å². The molecule has 0 aliphatic heterocycles.